The maximum atomic E-state index is 11.0. The van der Waals surface area contributed by atoms with Crippen LogP contribution in [0, 0.1) is 0 Å². The Morgan fingerprint density at radius 3 is 2.76 bits per heavy atom. The molecule has 0 aliphatic carbocycles. The number of carbonyl (C=O) groups is 1. The molecule has 0 aliphatic heterocycles. The summed E-state index contributed by atoms with van der Waals surface area (Å²) < 4.78 is 1.48. The lowest BCUT2D eigenvalue weighted by atomic mass is 10.2. The van der Waals surface area contributed by atoms with Crippen LogP contribution in [0.1, 0.15) is 10.4 Å². The van der Waals surface area contributed by atoms with Gasteiger partial charge in [0.15, 0.2) is 0 Å². The number of anilines is 2. The first-order valence-corrected chi connectivity index (χ1v) is 6.34. The molecule has 3 rings (SSSR count). The highest BCUT2D eigenvalue weighted by Gasteiger charge is 2.05. The number of aromatic carboxylic acids is 1. The van der Waals surface area contributed by atoms with Crippen LogP contribution < -0.4 is 5.32 Å². The molecule has 3 aromatic rings. The van der Waals surface area contributed by atoms with E-state index in [0.29, 0.717) is 5.69 Å². The van der Waals surface area contributed by atoms with Crippen LogP contribution in [0.5, 0.6) is 0 Å². The molecule has 0 aliphatic rings. The molecule has 0 spiro atoms. The molecule has 6 heteroatoms. The smallest absolute Gasteiger partial charge is 0.335 e. The summed E-state index contributed by atoms with van der Waals surface area (Å²) in [5.41, 5.74) is 2.50. The number of fused-ring (bicyclic) bond motifs is 1. The lowest BCUT2D eigenvalue weighted by molar-refractivity contribution is 0.0697. The second-order valence-corrected chi connectivity index (χ2v) is 4.57. The highest BCUT2D eigenvalue weighted by atomic mass is 16.4. The van der Waals surface area contributed by atoms with Crippen molar-refractivity contribution in [2.75, 3.05) is 5.32 Å². The van der Waals surface area contributed by atoms with Gasteiger partial charge in [-0.2, -0.15) is 5.10 Å². The van der Waals surface area contributed by atoms with Crippen LogP contribution in [0.2, 0.25) is 0 Å². The lowest BCUT2D eigenvalue weighted by Gasteiger charge is -2.08. The fourth-order valence-corrected chi connectivity index (χ4v) is 2.16. The van der Waals surface area contributed by atoms with E-state index >= 15 is 0 Å². The van der Waals surface area contributed by atoms with Gasteiger partial charge >= 0.3 is 5.97 Å². The number of carboxylic acids is 1. The molecule has 0 saturated heterocycles. The van der Waals surface area contributed by atoms with Gasteiger partial charge in [-0.15, -0.1) is 0 Å². The summed E-state index contributed by atoms with van der Waals surface area (Å²) in [6, 6.07) is 12.2. The van der Waals surface area contributed by atoms with Crippen LogP contribution in [0.25, 0.3) is 10.9 Å². The highest BCUT2D eigenvalue weighted by Crippen LogP contribution is 2.22. The van der Waals surface area contributed by atoms with Gasteiger partial charge < -0.3 is 15.5 Å². The van der Waals surface area contributed by atoms with Crippen LogP contribution in [0.3, 0.4) is 0 Å². The van der Waals surface area contributed by atoms with E-state index in [0.717, 1.165) is 16.6 Å². The molecule has 0 saturated carbocycles. The minimum absolute atomic E-state index is 0.193. The number of benzene rings is 2. The Bertz CT molecular complexity index is 811. The molecular weight excluding hydrogens is 270 g/mol. The number of aliphatic hydroxyl groups is 1. The molecule has 0 bridgehead atoms. The molecule has 1 heterocycles. The number of nitrogens with zero attached hydrogens (tertiary/aromatic N) is 2. The SMILES string of the molecule is O=C(O)c1cccc(Nc2ccc3cnn(CO)c3c2)c1. The van der Waals surface area contributed by atoms with Gasteiger partial charge in [0.25, 0.3) is 0 Å². The third kappa shape index (κ3) is 2.56. The number of carboxylic acid groups (broad SMARTS) is 1. The van der Waals surface area contributed by atoms with Crippen molar-refractivity contribution < 1.29 is 15.0 Å². The summed E-state index contributed by atoms with van der Waals surface area (Å²) in [7, 11) is 0. The molecule has 0 amide bonds. The molecule has 2 aromatic carbocycles. The summed E-state index contributed by atoms with van der Waals surface area (Å²) >= 11 is 0. The van der Waals surface area contributed by atoms with Crippen molar-refractivity contribution in [3.8, 4) is 0 Å². The van der Waals surface area contributed by atoms with Crippen LogP contribution in [0.15, 0.2) is 48.7 Å². The minimum atomic E-state index is -0.965. The summed E-state index contributed by atoms with van der Waals surface area (Å²) in [6.07, 6.45) is 1.68. The van der Waals surface area contributed by atoms with Crippen molar-refractivity contribution in [1.29, 1.82) is 0 Å². The van der Waals surface area contributed by atoms with Crippen molar-refractivity contribution >= 4 is 28.2 Å². The van der Waals surface area contributed by atoms with Gasteiger partial charge in [0.1, 0.15) is 6.73 Å². The van der Waals surface area contributed by atoms with Crippen molar-refractivity contribution in [1.82, 2.24) is 9.78 Å². The van der Waals surface area contributed by atoms with Gasteiger partial charge in [0.05, 0.1) is 17.3 Å². The van der Waals surface area contributed by atoms with Gasteiger partial charge in [-0.1, -0.05) is 6.07 Å². The fourth-order valence-electron chi connectivity index (χ4n) is 2.16. The second kappa shape index (κ2) is 5.26. The lowest BCUT2D eigenvalue weighted by Crippen LogP contribution is -1.99. The maximum Gasteiger partial charge on any atom is 0.335 e. The topological polar surface area (TPSA) is 87.4 Å². The van der Waals surface area contributed by atoms with Crippen molar-refractivity contribution in [2.45, 2.75) is 6.73 Å². The molecule has 21 heavy (non-hydrogen) atoms. The van der Waals surface area contributed by atoms with E-state index in [2.05, 4.69) is 10.4 Å². The predicted octanol–water partition coefficient (Wildman–Crippen LogP) is 2.43. The largest absolute Gasteiger partial charge is 0.478 e. The van der Waals surface area contributed by atoms with Gasteiger partial charge in [0, 0.05) is 16.8 Å². The van der Waals surface area contributed by atoms with E-state index in [9.17, 15) is 9.90 Å². The van der Waals surface area contributed by atoms with Gasteiger partial charge in [-0.05, 0) is 36.4 Å². The highest BCUT2D eigenvalue weighted by molar-refractivity contribution is 5.89. The number of hydrogen-bond donors (Lipinski definition) is 3. The molecule has 1 aromatic heterocycles. The van der Waals surface area contributed by atoms with E-state index in [1.807, 2.05) is 18.2 Å². The molecule has 0 radical (unpaired) electrons. The third-order valence-electron chi connectivity index (χ3n) is 3.18. The van der Waals surface area contributed by atoms with E-state index < -0.39 is 5.97 Å². The molecular formula is C15H13N3O3. The molecule has 0 atom stereocenters. The number of aromatic nitrogens is 2. The zero-order valence-corrected chi connectivity index (χ0v) is 11.0. The maximum absolute atomic E-state index is 11.0. The predicted molar refractivity (Wildman–Crippen MR) is 78.6 cm³/mol. The minimum Gasteiger partial charge on any atom is -0.478 e. The average molecular weight is 283 g/mol. The first kappa shape index (κ1) is 13.1. The average Bonchev–Trinajstić information content (AvgIpc) is 2.90. The zero-order chi connectivity index (χ0) is 14.8. The van der Waals surface area contributed by atoms with Gasteiger partial charge in [0.2, 0.25) is 0 Å². The van der Waals surface area contributed by atoms with E-state index in [4.69, 9.17) is 5.11 Å². The standard InChI is InChI=1S/C15H13N3O3/c19-9-18-14-7-13(5-4-11(14)8-16-18)17-12-3-1-2-10(6-12)15(20)21/h1-8,17,19H,9H2,(H,20,21). The Hall–Kier alpha value is -2.86. The molecule has 0 unspecified atom stereocenters. The summed E-state index contributed by atoms with van der Waals surface area (Å²) in [5, 5.41) is 26.3. The number of nitrogens with one attached hydrogen (secondary N) is 1. The van der Waals surface area contributed by atoms with Crippen LogP contribution in [0.4, 0.5) is 11.4 Å². The Balaban J connectivity index is 1.94. The van der Waals surface area contributed by atoms with Crippen molar-refractivity contribution in [3.63, 3.8) is 0 Å². The van der Waals surface area contributed by atoms with Crippen LogP contribution in [-0.4, -0.2) is 26.0 Å². The van der Waals surface area contributed by atoms with Crippen LogP contribution >= 0.6 is 0 Å². The number of rotatable bonds is 4. The monoisotopic (exact) mass is 283 g/mol. The van der Waals surface area contributed by atoms with E-state index in [1.165, 1.54) is 10.7 Å². The first-order valence-electron chi connectivity index (χ1n) is 6.34. The van der Waals surface area contributed by atoms with Crippen molar-refractivity contribution in [3.05, 3.63) is 54.2 Å². The third-order valence-corrected chi connectivity index (χ3v) is 3.18. The second-order valence-electron chi connectivity index (χ2n) is 4.57. The Labute approximate surface area is 120 Å². The summed E-state index contributed by atoms with van der Waals surface area (Å²) in [4.78, 5) is 11.0. The zero-order valence-electron chi connectivity index (χ0n) is 11.0. The first-order chi connectivity index (χ1) is 10.2. The van der Waals surface area contributed by atoms with Crippen molar-refractivity contribution in [2.24, 2.45) is 0 Å². The quantitative estimate of drug-likeness (QED) is 0.684. The van der Waals surface area contributed by atoms with Gasteiger partial charge in [-0.25, -0.2) is 9.48 Å². The Morgan fingerprint density at radius 1 is 1.19 bits per heavy atom. The molecule has 6 nitrogen and oxygen atoms in total. The molecule has 0 fully saturated rings. The Kier molecular flexibility index (Phi) is 3.29. The Morgan fingerprint density at radius 2 is 2.00 bits per heavy atom. The molecule has 3 N–H and O–H groups in total. The normalized spacial score (nSPS) is 10.7. The van der Waals surface area contributed by atoms with Crippen LogP contribution in [-0.2, 0) is 6.73 Å². The fraction of sp³-hybridized carbons (Fsp3) is 0.0667. The van der Waals surface area contributed by atoms with Gasteiger partial charge in [-0.3, -0.25) is 0 Å². The number of hydrogen-bond acceptors (Lipinski definition) is 4. The van der Waals surface area contributed by atoms with E-state index in [1.54, 1.807) is 24.4 Å². The number of aliphatic hydroxyl groups excluding tert-OH is 1. The summed E-state index contributed by atoms with van der Waals surface area (Å²) in [5.74, 6) is -0.965. The summed E-state index contributed by atoms with van der Waals surface area (Å²) in [6.45, 7) is -0.193. The van der Waals surface area contributed by atoms with E-state index in [-0.39, 0.29) is 12.3 Å². The molecule has 106 valence electrons.